The number of rotatable bonds is 7. The van der Waals surface area contributed by atoms with Crippen LogP contribution in [0.4, 0.5) is 0 Å². The van der Waals surface area contributed by atoms with Crippen LogP contribution in [0.15, 0.2) is 30.3 Å². The Kier molecular flexibility index (Phi) is 9.41. The highest BCUT2D eigenvalue weighted by atomic mass is 35.5. The summed E-state index contributed by atoms with van der Waals surface area (Å²) in [6.45, 7) is 4.45. The highest BCUT2D eigenvalue weighted by Gasteiger charge is 2.13. The molecule has 0 heterocycles. The molecule has 2 amide bonds. The van der Waals surface area contributed by atoms with Gasteiger partial charge in [0.1, 0.15) is 0 Å². The summed E-state index contributed by atoms with van der Waals surface area (Å²) < 4.78 is 0. The molecule has 0 saturated carbocycles. The first-order valence-electron chi connectivity index (χ1n) is 6.85. The third-order valence-corrected chi connectivity index (χ3v) is 2.88. The molecule has 0 aliphatic heterocycles. The average Bonchev–Trinajstić information content (AvgIpc) is 2.43. The van der Waals surface area contributed by atoms with Gasteiger partial charge in [0.25, 0.3) is 0 Å². The van der Waals surface area contributed by atoms with Crippen molar-refractivity contribution in [1.29, 1.82) is 0 Å². The molecule has 0 aliphatic rings. The second-order valence-electron chi connectivity index (χ2n) is 5.03. The molecule has 21 heavy (non-hydrogen) atoms. The Bertz CT molecular complexity index is 438. The number of hydrogen-bond donors (Lipinski definition) is 3. The summed E-state index contributed by atoms with van der Waals surface area (Å²) in [4.78, 5) is 23.1. The fraction of sp³-hybridized carbons (Fsp3) is 0.467. The first-order chi connectivity index (χ1) is 9.50. The van der Waals surface area contributed by atoms with Crippen LogP contribution in [-0.4, -0.2) is 30.9 Å². The Labute approximate surface area is 132 Å². The zero-order chi connectivity index (χ0) is 15.0. The average molecular weight is 314 g/mol. The van der Waals surface area contributed by atoms with Crippen molar-refractivity contribution < 1.29 is 9.59 Å². The van der Waals surface area contributed by atoms with Crippen LogP contribution in [0.2, 0.25) is 0 Å². The second kappa shape index (κ2) is 10.2. The normalized spacial score (nSPS) is 11.4. The lowest BCUT2D eigenvalue weighted by Crippen LogP contribution is -2.44. The Morgan fingerprint density at radius 1 is 1.05 bits per heavy atom. The van der Waals surface area contributed by atoms with Gasteiger partial charge < -0.3 is 16.4 Å². The summed E-state index contributed by atoms with van der Waals surface area (Å²) in [5.41, 5.74) is 6.87. The van der Waals surface area contributed by atoms with Crippen LogP contribution in [-0.2, 0) is 16.0 Å². The Hall–Kier alpha value is -1.59. The molecular formula is C15H24ClN3O2. The van der Waals surface area contributed by atoms with E-state index in [9.17, 15) is 9.59 Å². The van der Waals surface area contributed by atoms with Crippen LogP contribution < -0.4 is 16.4 Å². The number of benzene rings is 1. The smallest absolute Gasteiger partial charge is 0.237 e. The topological polar surface area (TPSA) is 84.2 Å². The highest BCUT2D eigenvalue weighted by molar-refractivity contribution is 5.85. The van der Waals surface area contributed by atoms with Gasteiger partial charge in [-0.25, -0.2) is 0 Å². The minimum atomic E-state index is -0.571. The largest absolute Gasteiger partial charge is 0.354 e. The molecule has 6 heteroatoms. The lowest BCUT2D eigenvalue weighted by Gasteiger charge is -2.13. The van der Waals surface area contributed by atoms with Crippen LogP contribution in [0.3, 0.4) is 0 Å². The molecular weight excluding hydrogens is 290 g/mol. The monoisotopic (exact) mass is 313 g/mol. The second-order valence-corrected chi connectivity index (χ2v) is 5.03. The van der Waals surface area contributed by atoms with E-state index in [2.05, 4.69) is 10.6 Å². The summed E-state index contributed by atoms with van der Waals surface area (Å²) in [5, 5.41) is 5.45. The van der Waals surface area contributed by atoms with Crippen molar-refractivity contribution in [3.8, 4) is 0 Å². The Balaban J connectivity index is 0.00000400. The molecule has 1 aromatic rings. The van der Waals surface area contributed by atoms with Gasteiger partial charge in [-0.15, -0.1) is 12.4 Å². The zero-order valence-electron chi connectivity index (χ0n) is 12.5. The molecule has 1 atom stereocenters. The first kappa shape index (κ1) is 19.4. The van der Waals surface area contributed by atoms with E-state index in [4.69, 9.17) is 5.73 Å². The number of halogens is 1. The van der Waals surface area contributed by atoms with Gasteiger partial charge in [-0.05, 0) is 12.0 Å². The molecule has 1 unspecified atom stereocenters. The van der Waals surface area contributed by atoms with Gasteiger partial charge in [0.15, 0.2) is 0 Å². The van der Waals surface area contributed by atoms with Crippen molar-refractivity contribution in [2.45, 2.75) is 26.3 Å². The summed E-state index contributed by atoms with van der Waals surface area (Å²) in [6, 6.07) is 9.07. The molecule has 5 nitrogen and oxygen atoms in total. The van der Waals surface area contributed by atoms with Crippen LogP contribution in [0.1, 0.15) is 19.4 Å². The minimum absolute atomic E-state index is 0. The molecule has 0 fully saturated rings. The number of carbonyl (C=O) groups excluding carboxylic acids is 2. The fourth-order valence-corrected chi connectivity index (χ4v) is 1.67. The lowest BCUT2D eigenvalue weighted by molar-refractivity contribution is -0.125. The van der Waals surface area contributed by atoms with Gasteiger partial charge >= 0.3 is 0 Å². The van der Waals surface area contributed by atoms with Crippen molar-refractivity contribution in [3.63, 3.8) is 0 Å². The van der Waals surface area contributed by atoms with Crippen molar-refractivity contribution in [1.82, 2.24) is 10.6 Å². The van der Waals surface area contributed by atoms with Gasteiger partial charge in [-0.3, -0.25) is 9.59 Å². The maximum atomic E-state index is 11.8. The molecule has 1 aromatic carbocycles. The molecule has 4 N–H and O–H groups in total. The molecule has 0 aliphatic carbocycles. The molecule has 0 spiro atoms. The zero-order valence-corrected chi connectivity index (χ0v) is 13.3. The first-order valence-corrected chi connectivity index (χ1v) is 6.85. The van der Waals surface area contributed by atoms with E-state index in [0.29, 0.717) is 19.5 Å². The van der Waals surface area contributed by atoms with Gasteiger partial charge in [-0.1, -0.05) is 44.2 Å². The number of carbonyl (C=O) groups is 2. The van der Waals surface area contributed by atoms with E-state index in [1.54, 1.807) is 0 Å². The quantitative estimate of drug-likeness (QED) is 0.653. The van der Waals surface area contributed by atoms with Crippen molar-refractivity contribution in [2.75, 3.05) is 13.1 Å². The highest BCUT2D eigenvalue weighted by Crippen LogP contribution is 2.01. The van der Waals surface area contributed by atoms with E-state index >= 15 is 0 Å². The van der Waals surface area contributed by atoms with Gasteiger partial charge in [0, 0.05) is 19.0 Å². The maximum absolute atomic E-state index is 11.8. The third kappa shape index (κ3) is 7.68. The van der Waals surface area contributed by atoms with Gasteiger partial charge in [-0.2, -0.15) is 0 Å². The molecule has 0 saturated heterocycles. The third-order valence-electron chi connectivity index (χ3n) is 2.88. The number of nitrogens with one attached hydrogen (secondary N) is 2. The molecule has 0 aromatic heterocycles. The fourth-order valence-electron chi connectivity index (χ4n) is 1.67. The minimum Gasteiger partial charge on any atom is -0.354 e. The summed E-state index contributed by atoms with van der Waals surface area (Å²) in [7, 11) is 0. The predicted octanol–water partition coefficient (Wildman–Crippen LogP) is 0.867. The van der Waals surface area contributed by atoms with E-state index < -0.39 is 6.04 Å². The number of hydrogen-bond acceptors (Lipinski definition) is 3. The number of nitrogens with two attached hydrogens (primary N) is 1. The van der Waals surface area contributed by atoms with Crippen LogP contribution in [0, 0.1) is 5.92 Å². The van der Waals surface area contributed by atoms with Crippen LogP contribution in [0.5, 0.6) is 0 Å². The molecule has 0 radical (unpaired) electrons. The van der Waals surface area contributed by atoms with Crippen molar-refractivity contribution >= 4 is 24.2 Å². The van der Waals surface area contributed by atoms with E-state index in [-0.39, 0.29) is 30.1 Å². The molecule has 0 bridgehead atoms. The lowest BCUT2D eigenvalue weighted by atomic mass is 10.1. The molecule has 1 rings (SSSR count). The van der Waals surface area contributed by atoms with Crippen molar-refractivity contribution in [2.24, 2.45) is 11.7 Å². The summed E-state index contributed by atoms with van der Waals surface area (Å²) >= 11 is 0. The number of amides is 2. The van der Waals surface area contributed by atoms with E-state index in [1.165, 1.54) is 0 Å². The van der Waals surface area contributed by atoms with Crippen LogP contribution in [0.25, 0.3) is 0 Å². The van der Waals surface area contributed by atoms with E-state index in [1.807, 2.05) is 44.2 Å². The Morgan fingerprint density at radius 3 is 2.10 bits per heavy atom. The SMILES string of the molecule is CC(C)C(=O)NCCNC(=O)C(N)Cc1ccccc1.Cl. The van der Waals surface area contributed by atoms with Crippen molar-refractivity contribution in [3.05, 3.63) is 35.9 Å². The van der Waals surface area contributed by atoms with Gasteiger partial charge in [0.2, 0.25) is 11.8 Å². The maximum Gasteiger partial charge on any atom is 0.237 e. The standard InChI is InChI=1S/C15H23N3O2.ClH/c1-11(2)14(19)17-8-9-18-15(20)13(16)10-12-6-4-3-5-7-12;/h3-7,11,13H,8-10,16H2,1-2H3,(H,17,19)(H,18,20);1H. The molecule has 118 valence electrons. The summed E-state index contributed by atoms with van der Waals surface area (Å²) in [5.74, 6) is -0.272. The van der Waals surface area contributed by atoms with Gasteiger partial charge in [0.05, 0.1) is 6.04 Å². The van der Waals surface area contributed by atoms with E-state index in [0.717, 1.165) is 5.56 Å². The van der Waals surface area contributed by atoms with Crippen LogP contribution >= 0.6 is 12.4 Å². The predicted molar refractivity (Wildman–Crippen MR) is 86.2 cm³/mol. The Morgan fingerprint density at radius 2 is 1.57 bits per heavy atom. The summed E-state index contributed by atoms with van der Waals surface area (Å²) in [6.07, 6.45) is 0.505.